The lowest BCUT2D eigenvalue weighted by Crippen LogP contribution is -2.41. The van der Waals surface area contributed by atoms with Crippen molar-refractivity contribution in [2.45, 2.75) is 44.1 Å². The van der Waals surface area contributed by atoms with Gasteiger partial charge in [-0.05, 0) is 55.7 Å². The fraction of sp³-hybridized carbons (Fsp3) is 0.500. The Morgan fingerprint density at radius 3 is 2.63 bits per heavy atom. The second kappa shape index (κ2) is 6.18. The highest BCUT2D eigenvalue weighted by molar-refractivity contribution is 5.94. The minimum Gasteiger partial charge on any atom is -0.349 e. The lowest BCUT2D eigenvalue weighted by Gasteiger charge is -2.32. The molecule has 140 valence electrons. The van der Waals surface area contributed by atoms with Crippen LogP contribution >= 0.6 is 0 Å². The number of amides is 2. The summed E-state index contributed by atoms with van der Waals surface area (Å²) in [5, 5.41) is 10.4. The van der Waals surface area contributed by atoms with E-state index >= 15 is 0 Å². The van der Waals surface area contributed by atoms with Gasteiger partial charge in [0.1, 0.15) is 5.69 Å². The van der Waals surface area contributed by atoms with Crippen molar-refractivity contribution < 1.29 is 9.59 Å². The molecule has 2 saturated carbocycles. The van der Waals surface area contributed by atoms with Crippen LogP contribution in [0, 0.1) is 5.41 Å². The molecule has 0 aromatic carbocycles. The molecule has 0 radical (unpaired) electrons. The summed E-state index contributed by atoms with van der Waals surface area (Å²) in [4.78, 5) is 30.9. The third-order valence-corrected chi connectivity index (χ3v) is 6.32. The van der Waals surface area contributed by atoms with E-state index in [4.69, 9.17) is 0 Å². The van der Waals surface area contributed by atoms with Crippen molar-refractivity contribution in [3.8, 4) is 0 Å². The predicted molar refractivity (Wildman–Crippen MR) is 98.2 cm³/mol. The average molecular weight is 365 g/mol. The van der Waals surface area contributed by atoms with Gasteiger partial charge >= 0.3 is 0 Å². The van der Waals surface area contributed by atoms with Crippen molar-refractivity contribution in [3.05, 3.63) is 47.5 Å². The zero-order valence-electron chi connectivity index (χ0n) is 15.1. The van der Waals surface area contributed by atoms with Crippen LogP contribution in [0.1, 0.15) is 64.6 Å². The Labute approximate surface area is 157 Å². The molecule has 3 fully saturated rings. The topological polar surface area (TPSA) is 91.0 Å². The smallest absolute Gasteiger partial charge is 0.274 e. The van der Waals surface area contributed by atoms with Crippen LogP contribution in [0.5, 0.6) is 0 Å². The first-order chi connectivity index (χ1) is 13.1. The fourth-order valence-electron chi connectivity index (χ4n) is 4.22. The number of hydrogen-bond acceptors (Lipinski definition) is 4. The standard InChI is InChI=1S/C20H23N5O2/c26-18(14-3-7-21-8-4-14)22-17-12-20(17)5-9-25(10-6-20)19(27)16-11-15(23-24-16)13-1-2-13/h3-4,7-8,11,13,17H,1-2,5-6,9-10,12H2,(H,22,26)(H,23,24). The molecule has 3 aliphatic rings. The van der Waals surface area contributed by atoms with Gasteiger partial charge in [0, 0.05) is 48.7 Å². The Bertz CT molecular complexity index is 866. The Morgan fingerprint density at radius 1 is 1.19 bits per heavy atom. The number of hydrogen-bond donors (Lipinski definition) is 2. The largest absolute Gasteiger partial charge is 0.349 e. The SMILES string of the molecule is O=C(NC1CC12CCN(C(=O)c1cc(C3CC3)[nH]n1)CC2)c1ccncc1. The van der Waals surface area contributed by atoms with E-state index in [9.17, 15) is 9.59 Å². The van der Waals surface area contributed by atoms with Crippen molar-refractivity contribution in [2.24, 2.45) is 5.41 Å². The maximum absolute atomic E-state index is 12.7. The summed E-state index contributed by atoms with van der Waals surface area (Å²) in [5.41, 5.74) is 2.42. The molecule has 7 nitrogen and oxygen atoms in total. The molecule has 5 rings (SSSR count). The van der Waals surface area contributed by atoms with E-state index in [1.165, 1.54) is 12.8 Å². The number of nitrogens with one attached hydrogen (secondary N) is 2. The van der Waals surface area contributed by atoms with E-state index in [2.05, 4.69) is 20.5 Å². The van der Waals surface area contributed by atoms with E-state index in [0.29, 0.717) is 17.2 Å². The molecule has 2 amide bonds. The summed E-state index contributed by atoms with van der Waals surface area (Å²) in [7, 11) is 0. The molecular weight excluding hydrogens is 342 g/mol. The van der Waals surface area contributed by atoms with Crippen LogP contribution in [0.3, 0.4) is 0 Å². The Hall–Kier alpha value is -2.70. The van der Waals surface area contributed by atoms with Gasteiger partial charge in [0.15, 0.2) is 0 Å². The lowest BCUT2D eigenvalue weighted by atomic mass is 9.92. The second-order valence-corrected chi connectivity index (χ2v) is 8.10. The molecule has 0 bridgehead atoms. The molecule has 2 N–H and O–H groups in total. The summed E-state index contributed by atoms with van der Waals surface area (Å²) < 4.78 is 0. The number of nitrogens with zero attached hydrogens (tertiary/aromatic N) is 3. The molecule has 7 heteroatoms. The van der Waals surface area contributed by atoms with Crippen molar-refractivity contribution in [2.75, 3.05) is 13.1 Å². The minimum absolute atomic E-state index is 0.0195. The summed E-state index contributed by atoms with van der Waals surface area (Å²) in [5.74, 6) is 0.549. The number of aromatic nitrogens is 3. The number of carbonyl (C=O) groups excluding carboxylic acids is 2. The van der Waals surface area contributed by atoms with Gasteiger partial charge in [0.05, 0.1) is 0 Å². The molecule has 2 aromatic rings. The van der Waals surface area contributed by atoms with Gasteiger partial charge < -0.3 is 10.2 Å². The van der Waals surface area contributed by atoms with E-state index < -0.39 is 0 Å². The highest BCUT2D eigenvalue weighted by Gasteiger charge is 2.56. The molecule has 1 unspecified atom stereocenters. The lowest BCUT2D eigenvalue weighted by molar-refractivity contribution is 0.0662. The monoisotopic (exact) mass is 365 g/mol. The van der Waals surface area contributed by atoms with Crippen LogP contribution in [0.25, 0.3) is 0 Å². The van der Waals surface area contributed by atoms with Crippen molar-refractivity contribution in [1.29, 1.82) is 0 Å². The number of pyridine rings is 1. The summed E-state index contributed by atoms with van der Waals surface area (Å²) in [6, 6.07) is 5.58. The Kier molecular flexibility index (Phi) is 3.77. The van der Waals surface area contributed by atoms with E-state index in [0.717, 1.165) is 38.0 Å². The van der Waals surface area contributed by atoms with Gasteiger partial charge in [-0.2, -0.15) is 5.10 Å². The Balaban J connectivity index is 1.16. The first-order valence-electron chi connectivity index (χ1n) is 9.70. The molecule has 2 aliphatic carbocycles. The molecular formula is C20H23N5O2. The number of rotatable bonds is 4. The van der Waals surface area contributed by atoms with Crippen LogP contribution in [-0.4, -0.2) is 51.0 Å². The average Bonchev–Trinajstić information content (AvgIpc) is 3.61. The third-order valence-electron chi connectivity index (χ3n) is 6.32. The molecule has 1 aliphatic heterocycles. The van der Waals surface area contributed by atoms with Crippen LogP contribution in [-0.2, 0) is 0 Å². The van der Waals surface area contributed by atoms with Crippen LogP contribution in [0.2, 0.25) is 0 Å². The Morgan fingerprint density at radius 2 is 1.93 bits per heavy atom. The number of aromatic amines is 1. The second-order valence-electron chi connectivity index (χ2n) is 8.10. The maximum Gasteiger partial charge on any atom is 0.274 e. The summed E-state index contributed by atoms with van der Waals surface area (Å²) in [6.45, 7) is 1.46. The van der Waals surface area contributed by atoms with Crippen molar-refractivity contribution >= 4 is 11.8 Å². The first kappa shape index (κ1) is 16.5. The van der Waals surface area contributed by atoms with Crippen LogP contribution in [0.4, 0.5) is 0 Å². The summed E-state index contributed by atoms with van der Waals surface area (Å²) >= 11 is 0. The molecule has 1 spiro atoms. The summed E-state index contributed by atoms with van der Waals surface area (Å²) in [6.07, 6.45) is 8.50. The van der Waals surface area contributed by atoms with Crippen LogP contribution in [0.15, 0.2) is 30.6 Å². The molecule has 3 heterocycles. The molecule has 1 atom stereocenters. The van der Waals surface area contributed by atoms with E-state index in [1.807, 2.05) is 11.0 Å². The van der Waals surface area contributed by atoms with Gasteiger partial charge in [-0.25, -0.2) is 0 Å². The van der Waals surface area contributed by atoms with E-state index in [-0.39, 0.29) is 23.3 Å². The van der Waals surface area contributed by atoms with Crippen molar-refractivity contribution in [3.63, 3.8) is 0 Å². The van der Waals surface area contributed by atoms with Crippen molar-refractivity contribution in [1.82, 2.24) is 25.4 Å². The molecule has 1 saturated heterocycles. The number of piperidine rings is 1. The fourth-order valence-corrected chi connectivity index (χ4v) is 4.22. The third kappa shape index (κ3) is 3.11. The van der Waals surface area contributed by atoms with Crippen LogP contribution < -0.4 is 5.32 Å². The first-order valence-corrected chi connectivity index (χ1v) is 9.70. The zero-order chi connectivity index (χ0) is 18.4. The zero-order valence-corrected chi connectivity index (χ0v) is 15.1. The maximum atomic E-state index is 12.7. The highest BCUT2D eigenvalue weighted by Crippen LogP contribution is 2.54. The van der Waals surface area contributed by atoms with Gasteiger partial charge in [-0.15, -0.1) is 0 Å². The van der Waals surface area contributed by atoms with Gasteiger partial charge in [0.2, 0.25) is 0 Å². The number of likely N-dealkylation sites (tertiary alicyclic amines) is 1. The highest BCUT2D eigenvalue weighted by atomic mass is 16.2. The van der Waals surface area contributed by atoms with Gasteiger partial charge in [-0.3, -0.25) is 19.7 Å². The molecule has 2 aromatic heterocycles. The molecule has 27 heavy (non-hydrogen) atoms. The van der Waals surface area contributed by atoms with Gasteiger partial charge in [0.25, 0.3) is 11.8 Å². The van der Waals surface area contributed by atoms with E-state index in [1.54, 1.807) is 24.5 Å². The predicted octanol–water partition coefficient (Wildman–Crippen LogP) is 2.11. The van der Waals surface area contributed by atoms with Gasteiger partial charge in [-0.1, -0.05) is 0 Å². The normalized spacial score (nSPS) is 23.3. The quantitative estimate of drug-likeness (QED) is 0.868. The minimum atomic E-state index is -0.0399. The number of H-pyrrole nitrogens is 1. The number of carbonyl (C=O) groups is 2.